The SMILES string of the molecule is CC1N=C(c2ccc(C(C)C)cc2)NC1=O. The molecule has 0 spiro atoms. The monoisotopic (exact) mass is 216 g/mol. The van der Waals surface area contributed by atoms with Crippen molar-refractivity contribution in [1.29, 1.82) is 0 Å². The molecular formula is C13H16N2O. The van der Waals surface area contributed by atoms with Crippen molar-refractivity contribution in [2.24, 2.45) is 4.99 Å². The molecule has 84 valence electrons. The van der Waals surface area contributed by atoms with Crippen molar-refractivity contribution < 1.29 is 4.79 Å². The molecule has 2 rings (SSSR count). The Hall–Kier alpha value is -1.64. The summed E-state index contributed by atoms with van der Waals surface area (Å²) in [5.41, 5.74) is 2.27. The molecule has 3 nitrogen and oxygen atoms in total. The van der Waals surface area contributed by atoms with Crippen LogP contribution in [-0.2, 0) is 4.79 Å². The number of aliphatic imine (C=N–C) groups is 1. The Morgan fingerprint density at radius 2 is 1.88 bits per heavy atom. The van der Waals surface area contributed by atoms with E-state index in [0.717, 1.165) is 5.56 Å². The number of carbonyl (C=O) groups is 1. The number of hydrogen-bond acceptors (Lipinski definition) is 2. The van der Waals surface area contributed by atoms with Crippen LogP contribution in [0.25, 0.3) is 0 Å². The summed E-state index contributed by atoms with van der Waals surface area (Å²) in [6.45, 7) is 6.11. The summed E-state index contributed by atoms with van der Waals surface area (Å²) in [4.78, 5) is 15.6. The van der Waals surface area contributed by atoms with Gasteiger partial charge in [-0.1, -0.05) is 38.1 Å². The van der Waals surface area contributed by atoms with E-state index in [2.05, 4.69) is 36.3 Å². The summed E-state index contributed by atoms with van der Waals surface area (Å²) in [5, 5.41) is 2.78. The van der Waals surface area contributed by atoms with E-state index in [1.807, 2.05) is 12.1 Å². The van der Waals surface area contributed by atoms with Crippen molar-refractivity contribution in [1.82, 2.24) is 5.32 Å². The van der Waals surface area contributed by atoms with E-state index >= 15 is 0 Å². The van der Waals surface area contributed by atoms with Crippen LogP contribution < -0.4 is 5.32 Å². The zero-order chi connectivity index (χ0) is 11.7. The largest absolute Gasteiger partial charge is 0.309 e. The number of rotatable bonds is 2. The lowest BCUT2D eigenvalue weighted by atomic mass is 10.0. The number of carbonyl (C=O) groups excluding carboxylic acids is 1. The molecule has 1 aromatic rings. The van der Waals surface area contributed by atoms with E-state index in [9.17, 15) is 4.79 Å². The molecule has 1 atom stereocenters. The second-order valence-corrected chi connectivity index (χ2v) is 4.42. The van der Waals surface area contributed by atoms with Crippen LogP contribution >= 0.6 is 0 Å². The third kappa shape index (κ3) is 1.98. The van der Waals surface area contributed by atoms with Gasteiger partial charge in [0.25, 0.3) is 0 Å². The van der Waals surface area contributed by atoms with Crippen LogP contribution in [-0.4, -0.2) is 17.8 Å². The minimum absolute atomic E-state index is 0.0251. The van der Waals surface area contributed by atoms with Gasteiger partial charge in [-0.25, -0.2) is 0 Å². The highest BCUT2D eigenvalue weighted by molar-refractivity contribution is 6.13. The summed E-state index contributed by atoms with van der Waals surface area (Å²) >= 11 is 0. The summed E-state index contributed by atoms with van der Waals surface area (Å²) in [6.07, 6.45) is 0. The predicted molar refractivity (Wildman–Crippen MR) is 64.7 cm³/mol. The van der Waals surface area contributed by atoms with Crippen LogP contribution in [0.5, 0.6) is 0 Å². The average molecular weight is 216 g/mol. The van der Waals surface area contributed by atoms with Crippen molar-refractivity contribution in [2.45, 2.75) is 32.7 Å². The zero-order valence-electron chi connectivity index (χ0n) is 9.82. The average Bonchev–Trinajstić information content (AvgIpc) is 2.59. The molecule has 16 heavy (non-hydrogen) atoms. The molecule has 0 saturated carbocycles. The molecule has 1 aliphatic heterocycles. The first kappa shape index (κ1) is 10.9. The molecule has 0 fully saturated rings. The van der Waals surface area contributed by atoms with Crippen LogP contribution in [0.2, 0.25) is 0 Å². The lowest BCUT2D eigenvalue weighted by Crippen LogP contribution is -2.27. The molecule has 1 unspecified atom stereocenters. The summed E-state index contributed by atoms with van der Waals surface area (Å²) < 4.78 is 0. The summed E-state index contributed by atoms with van der Waals surface area (Å²) in [7, 11) is 0. The maximum absolute atomic E-state index is 11.3. The molecule has 1 amide bonds. The van der Waals surface area contributed by atoms with Crippen molar-refractivity contribution in [3.8, 4) is 0 Å². The smallest absolute Gasteiger partial charge is 0.250 e. The first-order valence-electron chi connectivity index (χ1n) is 5.57. The normalized spacial score (nSPS) is 19.9. The van der Waals surface area contributed by atoms with E-state index in [1.165, 1.54) is 5.56 Å². The molecule has 0 bridgehead atoms. The fourth-order valence-corrected chi connectivity index (χ4v) is 1.68. The number of amides is 1. The van der Waals surface area contributed by atoms with E-state index in [0.29, 0.717) is 11.8 Å². The van der Waals surface area contributed by atoms with Crippen LogP contribution in [0.4, 0.5) is 0 Å². The van der Waals surface area contributed by atoms with E-state index < -0.39 is 0 Å². The number of benzene rings is 1. The van der Waals surface area contributed by atoms with Crippen LogP contribution in [0.15, 0.2) is 29.3 Å². The Morgan fingerprint density at radius 3 is 2.31 bits per heavy atom. The molecule has 0 saturated heterocycles. The predicted octanol–water partition coefficient (Wildman–Crippen LogP) is 2.07. The summed E-state index contributed by atoms with van der Waals surface area (Å²) in [6, 6.07) is 7.91. The molecule has 1 N–H and O–H groups in total. The number of nitrogens with one attached hydrogen (secondary N) is 1. The zero-order valence-corrected chi connectivity index (χ0v) is 9.82. The van der Waals surface area contributed by atoms with Crippen molar-refractivity contribution >= 4 is 11.7 Å². The molecule has 0 aromatic heterocycles. The van der Waals surface area contributed by atoms with Gasteiger partial charge in [0.1, 0.15) is 11.9 Å². The standard InChI is InChI=1S/C13H16N2O/c1-8(2)10-4-6-11(7-5-10)12-14-9(3)13(16)15-12/h4-9H,1-3H3,(H,14,15,16). The Kier molecular flexibility index (Phi) is 2.77. The second-order valence-electron chi connectivity index (χ2n) is 4.42. The van der Waals surface area contributed by atoms with Crippen LogP contribution in [0, 0.1) is 0 Å². The van der Waals surface area contributed by atoms with E-state index in [1.54, 1.807) is 6.92 Å². The van der Waals surface area contributed by atoms with Gasteiger partial charge in [0, 0.05) is 5.56 Å². The molecule has 1 heterocycles. The van der Waals surface area contributed by atoms with Crippen molar-refractivity contribution in [2.75, 3.05) is 0 Å². The van der Waals surface area contributed by atoms with Crippen molar-refractivity contribution in [3.05, 3.63) is 35.4 Å². The Morgan fingerprint density at radius 1 is 1.25 bits per heavy atom. The summed E-state index contributed by atoms with van der Waals surface area (Å²) in [5.74, 6) is 1.18. The maximum Gasteiger partial charge on any atom is 0.250 e. The van der Waals surface area contributed by atoms with E-state index in [4.69, 9.17) is 0 Å². The first-order valence-corrected chi connectivity index (χ1v) is 5.57. The third-order valence-electron chi connectivity index (χ3n) is 2.79. The van der Waals surface area contributed by atoms with Crippen LogP contribution in [0.3, 0.4) is 0 Å². The van der Waals surface area contributed by atoms with Gasteiger partial charge in [0.15, 0.2) is 0 Å². The fraction of sp³-hybridized carbons (Fsp3) is 0.385. The maximum atomic E-state index is 11.3. The number of amidine groups is 1. The number of nitrogens with zero attached hydrogens (tertiary/aromatic N) is 1. The molecule has 0 radical (unpaired) electrons. The quantitative estimate of drug-likeness (QED) is 0.808. The molecule has 3 heteroatoms. The third-order valence-corrected chi connectivity index (χ3v) is 2.79. The highest BCUT2D eigenvalue weighted by Gasteiger charge is 2.22. The molecule has 0 aliphatic carbocycles. The second kappa shape index (κ2) is 4.08. The Balaban J connectivity index is 2.23. The van der Waals surface area contributed by atoms with Crippen LogP contribution in [0.1, 0.15) is 37.8 Å². The lowest BCUT2D eigenvalue weighted by Gasteiger charge is -2.06. The van der Waals surface area contributed by atoms with Gasteiger partial charge < -0.3 is 5.32 Å². The molecular weight excluding hydrogens is 200 g/mol. The van der Waals surface area contributed by atoms with Gasteiger partial charge >= 0.3 is 0 Å². The first-order chi connectivity index (χ1) is 7.58. The van der Waals surface area contributed by atoms with Gasteiger partial charge in [-0.3, -0.25) is 9.79 Å². The van der Waals surface area contributed by atoms with Gasteiger partial charge in [0.05, 0.1) is 0 Å². The molecule has 1 aromatic carbocycles. The number of hydrogen-bond donors (Lipinski definition) is 1. The van der Waals surface area contributed by atoms with Crippen molar-refractivity contribution in [3.63, 3.8) is 0 Å². The minimum atomic E-state index is -0.264. The highest BCUT2D eigenvalue weighted by atomic mass is 16.2. The lowest BCUT2D eigenvalue weighted by molar-refractivity contribution is -0.119. The fourth-order valence-electron chi connectivity index (χ4n) is 1.68. The molecule has 1 aliphatic rings. The Labute approximate surface area is 95.6 Å². The van der Waals surface area contributed by atoms with Gasteiger partial charge in [-0.15, -0.1) is 0 Å². The van der Waals surface area contributed by atoms with E-state index in [-0.39, 0.29) is 11.9 Å². The Bertz CT molecular complexity index is 432. The van der Waals surface area contributed by atoms with Gasteiger partial charge in [-0.2, -0.15) is 0 Å². The minimum Gasteiger partial charge on any atom is -0.309 e. The highest BCUT2D eigenvalue weighted by Crippen LogP contribution is 2.16. The van der Waals surface area contributed by atoms with Gasteiger partial charge in [-0.05, 0) is 18.4 Å². The van der Waals surface area contributed by atoms with Gasteiger partial charge in [0.2, 0.25) is 5.91 Å². The topological polar surface area (TPSA) is 41.5 Å².